The lowest BCUT2D eigenvalue weighted by molar-refractivity contribution is -0.385. The van der Waals surface area contributed by atoms with Gasteiger partial charge in [-0.05, 0) is 37.6 Å². The van der Waals surface area contributed by atoms with Crippen LogP contribution in [0.4, 0.5) is 15.2 Å². The Hall–Kier alpha value is -3.66. The molecule has 0 saturated carbocycles. The summed E-state index contributed by atoms with van der Waals surface area (Å²) in [5, 5.41) is 11.7. The van der Waals surface area contributed by atoms with E-state index in [1.165, 1.54) is 34.4 Å². The van der Waals surface area contributed by atoms with Crippen LogP contribution in [-0.4, -0.2) is 31.9 Å². The van der Waals surface area contributed by atoms with Gasteiger partial charge in [-0.1, -0.05) is 17.4 Å². The first-order valence-electron chi connectivity index (χ1n) is 9.51. The van der Waals surface area contributed by atoms with Gasteiger partial charge in [0.2, 0.25) is 0 Å². The van der Waals surface area contributed by atoms with E-state index in [1.807, 2.05) is 10.8 Å². The van der Waals surface area contributed by atoms with Crippen LogP contribution < -0.4 is 4.90 Å². The number of thiazole rings is 1. The van der Waals surface area contributed by atoms with E-state index in [0.29, 0.717) is 40.4 Å². The predicted octanol–water partition coefficient (Wildman–Crippen LogP) is 4.59. The Balaban J connectivity index is 1.67. The first-order valence-corrected chi connectivity index (χ1v) is 10.3. The SMILES string of the molecule is Cc1ccc(C(=O)N(CCCn2ccnc2)c2nc3ccc(F)cc3s2)cc1[N+](=O)[O-]. The summed E-state index contributed by atoms with van der Waals surface area (Å²) in [4.78, 5) is 34.2. The second-order valence-electron chi connectivity index (χ2n) is 6.98. The molecule has 0 atom stereocenters. The number of aryl methyl sites for hydroxylation is 2. The number of nitro groups is 1. The van der Waals surface area contributed by atoms with Gasteiger partial charge in [-0.15, -0.1) is 0 Å². The zero-order valence-corrected chi connectivity index (χ0v) is 17.4. The van der Waals surface area contributed by atoms with Crippen LogP contribution in [0.3, 0.4) is 0 Å². The van der Waals surface area contributed by atoms with E-state index in [4.69, 9.17) is 0 Å². The third kappa shape index (κ3) is 4.43. The summed E-state index contributed by atoms with van der Waals surface area (Å²) in [6, 6.07) is 8.67. The van der Waals surface area contributed by atoms with Gasteiger partial charge < -0.3 is 4.57 Å². The zero-order valence-electron chi connectivity index (χ0n) is 16.6. The van der Waals surface area contributed by atoms with Crippen molar-refractivity contribution in [3.63, 3.8) is 0 Å². The van der Waals surface area contributed by atoms with Gasteiger partial charge in [0.05, 0.1) is 21.5 Å². The quantitative estimate of drug-likeness (QED) is 0.310. The molecule has 0 aliphatic rings. The number of nitro benzene ring substituents is 1. The maximum Gasteiger partial charge on any atom is 0.273 e. The first-order chi connectivity index (χ1) is 14.9. The third-order valence-corrected chi connectivity index (χ3v) is 5.87. The highest BCUT2D eigenvalue weighted by Gasteiger charge is 2.23. The topological polar surface area (TPSA) is 94.2 Å². The van der Waals surface area contributed by atoms with Crippen molar-refractivity contribution in [2.24, 2.45) is 0 Å². The van der Waals surface area contributed by atoms with Crippen molar-refractivity contribution in [2.75, 3.05) is 11.4 Å². The summed E-state index contributed by atoms with van der Waals surface area (Å²) in [5.74, 6) is -0.775. The molecule has 0 bridgehead atoms. The molecule has 0 saturated heterocycles. The largest absolute Gasteiger partial charge is 0.337 e. The summed E-state index contributed by atoms with van der Waals surface area (Å²) in [7, 11) is 0. The molecule has 0 aliphatic carbocycles. The van der Waals surface area contributed by atoms with Gasteiger partial charge in [-0.3, -0.25) is 19.8 Å². The molecule has 2 aromatic carbocycles. The van der Waals surface area contributed by atoms with Crippen molar-refractivity contribution in [2.45, 2.75) is 19.9 Å². The van der Waals surface area contributed by atoms with Crippen molar-refractivity contribution in [3.8, 4) is 0 Å². The summed E-state index contributed by atoms with van der Waals surface area (Å²) in [5.41, 5.74) is 1.15. The Labute approximate surface area is 180 Å². The molecule has 8 nitrogen and oxygen atoms in total. The Morgan fingerprint density at radius 1 is 1.29 bits per heavy atom. The molecule has 0 unspecified atom stereocenters. The van der Waals surface area contributed by atoms with E-state index < -0.39 is 10.8 Å². The fourth-order valence-electron chi connectivity index (χ4n) is 3.21. The van der Waals surface area contributed by atoms with Gasteiger partial charge in [0.25, 0.3) is 11.6 Å². The maximum absolute atomic E-state index is 13.6. The minimum atomic E-state index is -0.504. The smallest absolute Gasteiger partial charge is 0.273 e. The molecule has 10 heteroatoms. The summed E-state index contributed by atoms with van der Waals surface area (Å²) in [6.07, 6.45) is 5.81. The number of benzene rings is 2. The normalized spacial score (nSPS) is 11.0. The van der Waals surface area contributed by atoms with E-state index in [0.717, 1.165) is 0 Å². The average Bonchev–Trinajstić information content (AvgIpc) is 3.40. The molecule has 31 heavy (non-hydrogen) atoms. The minimum absolute atomic E-state index is 0.115. The standard InChI is InChI=1S/C21H18FN5O3S/c1-14-3-4-15(11-18(14)27(29)30)20(28)26(9-2-8-25-10-7-23-13-25)21-24-17-6-5-16(22)12-19(17)31-21/h3-7,10-13H,2,8-9H2,1H3. The molecule has 2 aromatic heterocycles. The summed E-state index contributed by atoms with van der Waals surface area (Å²) < 4.78 is 16.1. The van der Waals surface area contributed by atoms with Gasteiger partial charge in [-0.2, -0.15) is 0 Å². The molecule has 158 valence electrons. The fourth-order valence-corrected chi connectivity index (χ4v) is 4.23. The van der Waals surface area contributed by atoms with E-state index in [-0.39, 0.29) is 17.1 Å². The molecule has 0 spiro atoms. The fraction of sp³-hybridized carbons (Fsp3) is 0.190. The lowest BCUT2D eigenvalue weighted by Crippen LogP contribution is -2.32. The molecule has 4 aromatic rings. The Bertz CT molecular complexity index is 1260. The summed E-state index contributed by atoms with van der Waals surface area (Å²) in [6.45, 7) is 2.59. The van der Waals surface area contributed by atoms with Crippen LogP contribution in [0.25, 0.3) is 10.2 Å². The lowest BCUT2D eigenvalue weighted by atomic mass is 10.1. The number of hydrogen-bond donors (Lipinski definition) is 0. The van der Waals surface area contributed by atoms with Crippen LogP contribution in [0.15, 0.2) is 55.1 Å². The molecular formula is C21H18FN5O3S. The van der Waals surface area contributed by atoms with Crippen LogP contribution in [0.2, 0.25) is 0 Å². The lowest BCUT2D eigenvalue weighted by Gasteiger charge is -2.20. The van der Waals surface area contributed by atoms with Crippen molar-refractivity contribution in [3.05, 3.63) is 82.2 Å². The van der Waals surface area contributed by atoms with E-state index in [2.05, 4.69) is 9.97 Å². The number of aromatic nitrogens is 3. The van der Waals surface area contributed by atoms with Crippen LogP contribution in [0.5, 0.6) is 0 Å². The van der Waals surface area contributed by atoms with Crippen molar-refractivity contribution in [1.29, 1.82) is 0 Å². The number of rotatable bonds is 7. The van der Waals surface area contributed by atoms with Crippen LogP contribution >= 0.6 is 11.3 Å². The predicted molar refractivity (Wildman–Crippen MR) is 116 cm³/mol. The van der Waals surface area contributed by atoms with Crippen molar-refractivity contribution < 1.29 is 14.1 Å². The molecule has 2 heterocycles. The molecular weight excluding hydrogens is 421 g/mol. The Morgan fingerprint density at radius 2 is 2.13 bits per heavy atom. The number of amides is 1. The van der Waals surface area contributed by atoms with E-state index >= 15 is 0 Å². The Kier molecular flexibility index (Phi) is 5.72. The van der Waals surface area contributed by atoms with Crippen molar-refractivity contribution in [1.82, 2.24) is 14.5 Å². The number of carbonyl (C=O) groups is 1. The van der Waals surface area contributed by atoms with E-state index in [9.17, 15) is 19.3 Å². The second-order valence-corrected chi connectivity index (χ2v) is 7.99. The van der Waals surface area contributed by atoms with Gasteiger partial charge in [-0.25, -0.2) is 14.4 Å². The molecule has 4 rings (SSSR count). The Morgan fingerprint density at radius 3 is 2.87 bits per heavy atom. The summed E-state index contributed by atoms with van der Waals surface area (Å²) >= 11 is 1.21. The van der Waals surface area contributed by atoms with Gasteiger partial charge in [0, 0.05) is 42.7 Å². The number of hydrogen-bond acceptors (Lipinski definition) is 6. The molecule has 0 N–H and O–H groups in total. The highest BCUT2D eigenvalue weighted by molar-refractivity contribution is 7.22. The monoisotopic (exact) mass is 439 g/mol. The van der Waals surface area contributed by atoms with Gasteiger partial charge in [0.15, 0.2) is 5.13 Å². The molecule has 0 fully saturated rings. The van der Waals surface area contributed by atoms with Crippen LogP contribution in [-0.2, 0) is 6.54 Å². The maximum atomic E-state index is 13.6. The second kappa shape index (κ2) is 8.60. The van der Waals surface area contributed by atoms with E-state index in [1.54, 1.807) is 37.6 Å². The minimum Gasteiger partial charge on any atom is -0.337 e. The van der Waals surface area contributed by atoms with Crippen LogP contribution in [0, 0.1) is 22.9 Å². The average molecular weight is 439 g/mol. The number of anilines is 1. The van der Waals surface area contributed by atoms with Crippen molar-refractivity contribution >= 4 is 38.3 Å². The zero-order chi connectivity index (χ0) is 22.0. The number of carbonyl (C=O) groups excluding carboxylic acids is 1. The first kappa shape index (κ1) is 20.6. The molecule has 0 aliphatic heterocycles. The number of fused-ring (bicyclic) bond motifs is 1. The number of nitrogens with zero attached hydrogens (tertiary/aromatic N) is 5. The third-order valence-electron chi connectivity index (χ3n) is 4.83. The number of halogens is 1. The molecule has 0 radical (unpaired) electrons. The highest BCUT2D eigenvalue weighted by Crippen LogP contribution is 2.31. The van der Waals surface area contributed by atoms with Crippen LogP contribution in [0.1, 0.15) is 22.3 Å². The number of imidazole rings is 1. The molecule has 1 amide bonds. The van der Waals surface area contributed by atoms with Gasteiger partial charge >= 0.3 is 0 Å². The highest BCUT2D eigenvalue weighted by atomic mass is 32.1. The van der Waals surface area contributed by atoms with Gasteiger partial charge in [0.1, 0.15) is 5.82 Å².